The molecule has 0 saturated carbocycles. The van der Waals surface area contributed by atoms with Crippen LogP contribution in [0, 0.1) is 0 Å². The molecule has 1 heterocycles. The SMILES string of the molecule is CN(C)Cc1ccc(OCP(=O)(O)O)c2c1Cc1scnc1-2. The van der Waals surface area contributed by atoms with Gasteiger partial charge in [0.1, 0.15) is 5.75 Å². The van der Waals surface area contributed by atoms with Crippen molar-refractivity contribution in [1.29, 1.82) is 0 Å². The van der Waals surface area contributed by atoms with Gasteiger partial charge in [-0.15, -0.1) is 11.3 Å². The molecule has 118 valence electrons. The van der Waals surface area contributed by atoms with Gasteiger partial charge in [-0.2, -0.15) is 0 Å². The molecule has 1 aromatic heterocycles. The molecule has 0 radical (unpaired) electrons. The number of hydrogen-bond acceptors (Lipinski definition) is 5. The first-order valence-corrected chi connectivity index (χ1v) is 9.42. The van der Waals surface area contributed by atoms with Crippen LogP contribution in [0.3, 0.4) is 0 Å². The summed E-state index contributed by atoms with van der Waals surface area (Å²) in [4.78, 5) is 25.7. The first-order chi connectivity index (χ1) is 10.3. The molecule has 1 aliphatic rings. The molecule has 0 amide bonds. The van der Waals surface area contributed by atoms with E-state index in [1.807, 2.05) is 20.2 Å². The highest BCUT2D eigenvalue weighted by Gasteiger charge is 2.28. The third-order valence-corrected chi connectivity index (χ3v) is 4.76. The number of thiazole rings is 1. The van der Waals surface area contributed by atoms with Crippen molar-refractivity contribution in [1.82, 2.24) is 9.88 Å². The highest BCUT2D eigenvalue weighted by atomic mass is 32.1. The Labute approximate surface area is 132 Å². The summed E-state index contributed by atoms with van der Waals surface area (Å²) < 4.78 is 16.4. The van der Waals surface area contributed by atoms with Gasteiger partial charge < -0.3 is 19.4 Å². The highest BCUT2D eigenvalue weighted by molar-refractivity contribution is 7.51. The number of hydrogen-bond donors (Lipinski definition) is 2. The fourth-order valence-electron chi connectivity index (χ4n) is 2.65. The van der Waals surface area contributed by atoms with Gasteiger partial charge in [0.2, 0.25) is 0 Å². The number of aromatic nitrogens is 1. The smallest absolute Gasteiger partial charge is 0.362 e. The first kappa shape index (κ1) is 15.6. The second kappa shape index (κ2) is 5.76. The molecule has 0 atom stereocenters. The molecule has 0 bridgehead atoms. The zero-order valence-electron chi connectivity index (χ0n) is 12.3. The van der Waals surface area contributed by atoms with Gasteiger partial charge in [0, 0.05) is 23.4 Å². The van der Waals surface area contributed by atoms with Crippen LogP contribution in [0.4, 0.5) is 0 Å². The minimum Gasteiger partial charge on any atom is -0.480 e. The van der Waals surface area contributed by atoms with Crippen LogP contribution in [0.2, 0.25) is 0 Å². The summed E-state index contributed by atoms with van der Waals surface area (Å²) in [5, 5.41) is 0. The molecule has 2 aromatic rings. The fourth-order valence-corrected chi connectivity index (χ4v) is 3.74. The summed E-state index contributed by atoms with van der Waals surface area (Å²) in [6.45, 7) is 0.802. The van der Waals surface area contributed by atoms with Crippen LogP contribution < -0.4 is 4.74 Å². The standard InChI is InChI=1S/C14H17N2O4PS/c1-16(2)6-9-3-4-11(20-8-21(17,18)19)13-10(9)5-12-14(13)15-7-22-12/h3-4,7H,5-6,8H2,1-2H3,(H2,17,18,19). The van der Waals surface area contributed by atoms with Crippen LogP contribution in [-0.2, 0) is 17.5 Å². The van der Waals surface area contributed by atoms with Crippen LogP contribution in [-0.4, -0.2) is 40.1 Å². The van der Waals surface area contributed by atoms with Gasteiger partial charge in [0.15, 0.2) is 6.35 Å². The lowest BCUT2D eigenvalue weighted by atomic mass is 10.0. The Hall–Kier alpha value is -1.24. The predicted octanol–water partition coefficient (Wildman–Crippen LogP) is 2.29. The molecular formula is C14H17N2O4PS. The van der Waals surface area contributed by atoms with E-state index in [0.717, 1.165) is 29.8 Å². The molecule has 6 nitrogen and oxygen atoms in total. The molecule has 22 heavy (non-hydrogen) atoms. The summed E-state index contributed by atoms with van der Waals surface area (Å²) in [5.74, 6) is 0.491. The van der Waals surface area contributed by atoms with Gasteiger partial charge in [-0.1, -0.05) is 6.07 Å². The van der Waals surface area contributed by atoms with Gasteiger partial charge in [-0.25, -0.2) is 4.98 Å². The molecule has 1 aromatic carbocycles. The van der Waals surface area contributed by atoms with Crippen molar-refractivity contribution in [2.75, 3.05) is 20.4 Å². The van der Waals surface area contributed by atoms with Gasteiger partial charge in [-0.05, 0) is 31.3 Å². The Morgan fingerprint density at radius 1 is 1.41 bits per heavy atom. The molecule has 0 aliphatic heterocycles. The quantitative estimate of drug-likeness (QED) is 0.694. The Bertz CT molecular complexity index is 753. The summed E-state index contributed by atoms with van der Waals surface area (Å²) in [6, 6.07) is 3.74. The van der Waals surface area contributed by atoms with E-state index in [0.29, 0.717) is 5.75 Å². The molecule has 1 aliphatic carbocycles. The van der Waals surface area contributed by atoms with Gasteiger partial charge in [0.25, 0.3) is 0 Å². The van der Waals surface area contributed by atoms with Crippen molar-refractivity contribution in [2.24, 2.45) is 0 Å². The maximum atomic E-state index is 11.1. The van der Waals surface area contributed by atoms with Crippen molar-refractivity contribution in [2.45, 2.75) is 13.0 Å². The molecule has 3 rings (SSSR count). The lowest BCUT2D eigenvalue weighted by Gasteiger charge is -2.17. The molecule has 2 N–H and O–H groups in total. The molecule has 0 unspecified atom stereocenters. The van der Waals surface area contributed by atoms with E-state index >= 15 is 0 Å². The van der Waals surface area contributed by atoms with Crippen molar-refractivity contribution in [3.05, 3.63) is 33.6 Å². The maximum absolute atomic E-state index is 11.1. The van der Waals surface area contributed by atoms with Crippen molar-refractivity contribution in [3.8, 4) is 17.0 Å². The van der Waals surface area contributed by atoms with E-state index in [1.54, 1.807) is 22.9 Å². The summed E-state index contributed by atoms with van der Waals surface area (Å²) in [6.07, 6.45) is 0.178. The Kier molecular flexibility index (Phi) is 4.09. The zero-order chi connectivity index (χ0) is 15.9. The van der Waals surface area contributed by atoms with Crippen LogP contribution in [0.5, 0.6) is 5.75 Å². The summed E-state index contributed by atoms with van der Waals surface area (Å²) >= 11 is 1.59. The zero-order valence-corrected chi connectivity index (χ0v) is 14.0. The average Bonchev–Trinajstić information content (AvgIpc) is 2.97. The van der Waals surface area contributed by atoms with Crippen LogP contribution in [0.25, 0.3) is 11.3 Å². The van der Waals surface area contributed by atoms with E-state index in [2.05, 4.69) is 9.88 Å². The molecular weight excluding hydrogens is 323 g/mol. The second-order valence-corrected chi connectivity index (χ2v) is 8.08. The number of fused-ring (bicyclic) bond motifs is 3. The van der Waals surface area contributed by atoms with Gasteiger partial charge in [-0.3, -0.25) is 4.57 Å². The summed E-state index contributed by atoms with van der Waals surface area (Å²) in [7, 11) is -0.194. The maximum Gasteiger partial charge on any atom is 0.362 e. The van der Waals surface area contributed by atoms with Crippen molar-refractivity contribution < 1.29 is 19.1 Å². The van der Waals surface area contributed by atoms with Crippen LogP contribution in [0.15, 0.2) is 17.6 Å². The normalized spacial score (nSPS) is 13.3. The lowest BCUT2D eigenvalue weighted by molar-refractivity contribution is 0.301. The minimum absolute atomic E-state index is 0.491. The monoisotopic (exact) mass is 340 g/mol. The Balaban J connectivity index is 2.03. The third kappa shape index (κ3) is 3.09. The lowest BCUT2D eigenvalue weighted by Crippen LogP contribution is -2.12. The fraction of sp³-hybridized carbons (Fsp3) is 0.357. The number of rotatable bonds is 5. The number of nitrogens with zero attached hydrogens (tertiary/aromatic N) is 2. The van der Waals surface area contributed by atoms with Gasteiger partial charge >= 0.3 is 7.60 Å². The largest absolute Gasteiger partial charge is 0.480 e. The highest BCUT2D eigenvalue weighted by Crippen LogP contribution is 2.46. The first-order valence-electron chi connectivity index (χ1n) is 6.75. The molecule has 0 spiro atoms. The van der Waals surface area contributed by atoms with Gasteiger partial charge in [0.05, 0.1) is 11.2 Å². The van der Waals surface area contributed by atoms with E-state index in [-0.39, 0.29) is 0 Å². The van der Waals surface area contributed by atoms with Crippen molar-refractivity contribution >= 4 is 18.9 Å². The Morgan fingerprint density at radius 3 is 2.86 bits per heavy atom. The van der Waals surface area contributed by atoms with Crippen LogP contribution in [0.1, 0.15) is 16.0 Å². The van der Waals surface area contributed by atoms with E-state index in [9.17, 15) is 4.57 Å². The second-order valence-electron chi connectivity index (χ2n) is 5.55. The number of benzene rings is 1. The van der Waals surface area contributed by atoms with E-state index in [4.69, 9.17) is 14.5 Å². The minimum atomic E-state index is -4.21. The summed E-state index contributed by atoms with van der Waals surface area (Å²) in [5.41, 5.74) is 5.88. The molecule has 8 heteroatoms. The van der Waals surface area contributed by atoms with E-state index < -0.39 is 13.9 Å². The number of ether oxygens (including phenoxy) is 1. The average molecular weight is 340 g/mol. The Morgan fingerprint density at radius 2 is 2.18 bits per heavy atom. The predicted molar refractivity (Wildman–Crippen MR) is 85.3 cm³/mol. The van der Waals surface area contributed by atoms with Crippen LogP contribution >= 0.6 is 18.9 Å². The van der Waals surface area contributed by atoms with E-state index in [1.165, 1.54) is 10.4 Å². The topological polar surface area (TPSA) is 82.9 Å². The molecule has 0 fully saturated rings. The third-order valence-electron chi connectivity index (χ3n) is 3.46. The molecule has 0 saturated heterocycles. The van der Waals surface area contributed by atoms with Crippen molar-refractivity contribution in [3.63, 3.8) is 0 Å².